The van der Waals surface area contributed by atoms with Gasteiger partial charge in [0.15, 0.2) is 5.82 Å². The van der Waals surface area contributed by atoms with E-state index in [1.807, 2.05) is 61.5 Å². The number of fused-ring (bicyclic) bond motifs is 1. The minimum absolute atomic E-state index is 0.195. The third-order valence-corrected chi connectivity index (χ3v) is 6.40. The first kappa shape index (κ1) is 23.3. The number of carbonyl (C=O) groups excluding carboxylic acids is 1. The molecule has 1 atom stereocenters. The SMILES string of the molecule is CCN(CC)c1ccc(-c2nc3n(n2)C(c2ccncc2)C(C(=O)Nc2ccccc2)=C(C)N3)cc1. The van der Waals surface area contributed by atoms with Gasteiger partial charge >= 0.3 is 0 Å². The van der Waals surface area contributed by atoms with E-state index in [1.165, 1.54) is 0 Å². The average Bonchev–Trinajstić information content (AvgIpc) is 3.33. The number of nitrogens with zero attached hydrogens (tertiary/aromatic N) is 5. The quantitative estimate of drug-likeness (QED) is 0.383. The second-order valence-electron chi connectivity index (χ2n) is 8.59. The molecule has 0 aliphatic carbocycles. The summed E-state index contributed by atoms with van der Waals surface area (Å²) in [5, 5.41) is 11.2. The van der Waals surface area contributed by atoms with Crippen LogP contribution in [-0.4, -0.2) is 38.7 Å². The predicted molar refractivity (Wildman–Crippen MR) is 143 cm³/mol. The van der Waals surface area contributed by atoms with Gasteiger partial charge in [0.1, 0.15) is 6.04 Å². The number of anilines is 3. The van der Waals surface area contributed by atoms with Crippen molar-refractivity contribution in [1.82, 2.24) is 19.7 Å². The summed E-state index contributed by atoms with van der Waals surface area (Å²) in [6.07, 6.45) is 3.45. The summed E-state index contributed by atoms with van der Waals surface area (Å²) in [7, 11) is 0. The van der Waals surface area contributed by atoms with Crippen molar-refractivity contribution in [2.45, 2.75) is 26.8 Å². The third kappa shape index (κ3) is 4.45. The minimum atomic E-state index is -0.454. The highest BCUT2D eigenvalue weighted by Crippen LogP contribution is 2.36. The number of pyridine rings is 1. The van der Waals surface area contributed by atoms with Gasteiger partial charge in [0.2, 0.25) is 5.95 Å². The zero-order valence-electron chi connectivity index (χ0n) is 20.6. The molecule has 2 aromatic carbocycles. The van der Waals surface area contributed by atoms with Crippen LogP contribution in [0.3, 0.4) is 0 Å². The number of nitrogens with one attached hydrogen (secondary N) is 2. The number of hydrogen-bond acceptors (Lipinski definition) is 6. The van der Waals surface area contributed by atoms with Crippen LogP contribution in [0.2, 0.25) is 0 Å². The van der Waals surface area contributed by atoms with E-state index in [2.05, 4.69) is 46.5 Å². The van der Waals surface area contributed by atoms with E-state index < -0.39 is 6.04 Å². The van der Waals surface area contributed by atoms with E-state index in [-0.39, 0.29) is 5.91 Å². The number of hydrogen-bond donors (Lipinski definition) is 2. The Morgan fingerprint density at radius 2 is 1.69 bits per heavy atom. The van der Waals surface area contributed by atoms with Gasteiger partial charge in [0.25, 0.3) is 5.91 Å². The molecule has 36 heavy (non-hydrogen) atoms. The standard InChI is InChI=1S/C28H29N7O/c1-4-34(5-2)23-13-11-21(12-14-23)26-32-28-30-19(3)24(27(36)31-22-9-7-6-8-10-22)25(35(28)33-26)20-15-17-29-18-16-20/h6-18,25H,4-5H2,1-3H3,(H,31,36)(H,30,32,33). The summed E-state index contributed by atoms with van der Waals surface area (Å²) < 4.78 is 1.79. The highest BCUT2D eigenvalue weighted by Gasteiger charge is 2.34. The Hall–Kier alpha value is -4.46. The molecule has 0 saturated heterocycles. The van der Waals surface area contributed by atoms with Gasteiger partial charge in [-0.25, -0.2) is 4.68 Å². The zero-order chi connectivity index (χ0) is 25.1. The smallest absolute Gasteiger partial charge is 0.255 e. The van der Waals surface area contributed by atoms with Crippen LogP contribution in [-0.2, 0) is 4.79 Å². The Morgan fingerprint density at radius 1 is 1.00 bits per heavy atom. The van der Waals surface area contributed by atoms with Gasteiger partial charge in [0, 0.05) is 48.1 Å². The maximum Gasteiger partial charge on any atom is 0.255 e. The van der Waals surface area contributed by atoms with Crippen molar-refractivity contribution in [3.8, 4) is 11.4 Å². The molecular formula is C28H29N7O. The predicted octanol–water partition coefficient (Wildman–Crippen LogP) is 5.11. The Morgan fingerprint density at radius 3 is 2.36 bits per heavy atom. The van der Waals surface area contributed by atoms with Crippen molar-refractivity contribution in [1.29, 1.82) is 0 Å². The van der Waals surface area contributed by atoms with Crippen LogP contribution < -0.4 is 15.5 Å². The molecule has 4 aromatic rings. The minimum Gasteiger partial charge on any atom is -0.372 e. The summed E-state index contributed by atoms with van der Waals surface area (Å²) in [6, 6.07) is 21.1. The van der Waals surface area contributed by atoms with E-state index in [0.29, 0.717) is 17.3 Å². The summed E-state index contributed by atoms with van der Waals surface area (Å²) in [4.78, 5) is 24.8. The monoisotopic (exact) mass is 479 g/mol. The molecule has 5 rings (SSSR count). The number of aromatic nitrogens is 4. The third-order valence-electron chi connectivity index (χ3n) is 6.40. The van der Waals surface area contributed by atoms with Gasteiger partial charge in [0.05, 0.1) is 5.57 Å². The van der Waals surface area contributed by atoms with Crippen molar-refractivity contribution in [3.05, 3.63) is 96.0 Å². The lowest BCUT2D eigenvalue weighted by Gasteiger charge is -2.28. The van der Waals surface area contributed by atoms with Crippen molar-refractivity contribution >= 4 is 23.2 Å². The lowest BCUT2D eigenvalue weighted by Crippen LogP contribution is -2.31. The fraction of sp³-hybridized carbons (Fsp3) is 0.214. The molecule has 1 unspecified atom stereocenters. The maximum atomic E-state index is 13.5. The van der Waals surface area contributed by atoms with E-state index in [9.17, 15) is 4.79 Å². The number of allylic oxidation sites excluding steroid dienone is 1. The summed E-state index contributed by atoms with van der Waals surface area (Å²) >= 11 is 0. The molecule has 182 valence electrons. The maximum absolute atomic E-state index is 13.5. The average molecular weight is 480 g/mol. The van der Waals surface area contributed by atoms with Crippen LogP contribution in [0.15, 0.2) is 90.4 Å². The lowest BCUT2D eigenvalue weighted by atomic mass is 9.96. The molecule has 0 radical (unpaired) electrons. The van der Waals surface area contributed by atoms with Crippen LogP contribution in [0, 0.1) is 0 Å². The number of para-hydroxylation sites is 1. The molecule has 0 bridgehead atoms. The Labute approximate surface area is 210 Å². The first-order valence-electron chi connectivity index (χ1n) is 12.1. The summed E-state index contributed by atoms with van der Waals surface area (Å²) in [5.41, 5.74) is 5.02. The Kier molecular flexibility index (Phi) is 6.49. The number of carbonyl (C=O) groups is 1. The van der Waals surface area contributed by atoms with Gasteiger partial charge in [-0.2, -0.15) is 4.98 Å². The molecule has 8 heteroatoms. The van der Waals surface area contributed by atoms with Crippen molar-refractivity contribution in [2.24, 2.45) is 0 Å². The molecule has 0 spiro atoms. The summed E-state index contributed by atoms with van der Waals surface area (Å²) in [6.45, 7) is 8.08. The molecular weight excluding hydrogens is 450 g/mol. The van der Waals surface area contributed by atoms with E-state index in [0.717, 1.165) is 41.3 Å². The zero-order valence-corrected chi connectivity index (χ0v) is 20.6. The van der Waals surface area contributed by atoms with Gasteiger partial charge in [-0.15, -0.1) is 5.10 Å². The van der Waals surface area contributed by atoms with Crippen LogP contribution in [0.25, 0.3) is 11.4 Å². The molecule has 3 heterocycles. The first-order valence-corrected chi connectivity index (χ1v) is 12.1. The fourth-order valence-corrected chi connectivity index (χ4v) is 4.55. The van der Waals surface area contributed by atoms with E-state index in [1.54, 1.807) is 17.1 Å². The van der Waals surface area contributed by atoms with Gasteiger partial charge in [-0.05, 0) is 74.9 Å². The van der Waals surface area contributed by atoms with Gasteiger partial charge in [-0.3, -0.25) is 9.78 Å². The van der Waals surface area contributed by atoms with Crippen LogP contribution in [0.4, 0.5) is 17.3 Å². The van der Waals surface area contributed by atoms with Crippen LogP contribution in [0.1, 0.15) is 32.4 Å². The molecule has 0 saturated carbocycles. The molecule has 1 aliphatic rings. The molecule has 1 amide bonds. The van der Waals surface area contributed by atoms with Crippen molar-refractivity contribution < 1.29 is 4.79 Å². The topological polar surface area (TPSA) is 88.0 Å². The van der Waals surface area contributed by atoms with Crippen LogP contribution in [0.5, 0.6) is 0 Å². The first-order chi connectivity index (χ1) is 17.6. The van der Waals surface area contributed by atoms with Gasteiger partial charge in [-0.1, -0.05) is 18.2 Å². The summed E-state index contributed by atoms with van der Waals surface area (Å²) in [5.74, 6) is 0.993. The highest BCUT2D eigenvalue weighted by molar-refractivity contribution is 6.06. The molecule has 2 aromatic heterocycles. The van der Waals surface area contributed by atoms with Crippen molar-refractivity contribution in [2.75, 3.05) is 28.6 Å². The lowest BCUT2D eigenvalue weighted by molar-refractivity contribution is -0.113. The molecule has 8 nitrogen and oxygen atoms in total. The normalized spacial score (nSPS) is 14.7. The van der Waals surface area contributed by atoms with E-state index in [4.69, 9.17) is 10.1 Å². The molecule has 2 N–H and O–H groups in total. The van der Waals surface area contributed by atoms with Crippen molar-refractivity contribution in [3.63, 3.8) is 0 Å². The number of amides is 1. The second-order valence-corrected chi connectivity index (χ2v) is 8.59. The molecule has 0 fully saturated rings. The number of rotatable bonds is 7. The van der Waals surface area contributed by atoms with Gasteiger partial charge < -0.3 is 15.5 Å². The Balaban J connectivity index is 1.53. The molecule has 1 aliphatic heterocycles. The van der Waals surface area contributed by atoms with E-state index >= 15 is 0 Å². The highest BCUT2D eigenvalue weighted by atomic mass is 16.1. The van der Waals surface area contributed by atoms with Crippen LogP contribution >= 0.6 is 0 Å². The fourth-order valence-electron chi connectivity index (χ4n) is 4.55. The Bertz CT molecular complexity index is 1370. The second kappa shape index (κ2) is 10.0. The largest absolute Gasteiger partial charge is 0.372 e. The number of benzene rings is 2.